The highest BCUT2D eigenvalue weighted by molar-refractivity contribution is 5.21. The summed E-state index contributed by atoms with van der Waals surface area (Å²) in [6.07, 6.45) is 6.82. The molecule has 2 heteroatoms. The van der Waals surface area contributed by atoms with Crippen LogP contribution in [0.4, 0.5) is 0 Å². The van der Waals surface area contributed by atoms with Gasteiger partial charge in [-0.2, -0.15) is 0 Å². The maximum Gasteiger partial charge on any atom is 0.0478 e. The highest BCUT2D eigenvalue weighted by Crippen LogP contribution is 2.34. The van der Waals surface area contributed by atoms with Crippen LogP contribution in [0.25, 0.3) is 0 Å². The van der Waals surface area contributed by atoms with Crippen LogP contribution in [0.15, 0.2) is 30.3 Å². The second-order valence-electron chi connectivity index (χ2n) is 6.91. The van der Waals surface area contributed by atoms with Gasteiger partial charge in [-0.3, -0.25) is 9.80 Å². The molecule has 0 spiro atoms. The van der Waals surface area contributed by atoms with Crippen molar-refractivity contribution in [2.45, 2.75) is 64.1 Å². The van der Waals surface area contributed by atoms with Crippen LogP contribution in [-0.2, 0) is 0 Å². The van der Waals surface area contributed by atoms with E-state index < -0.39 is 0 Å². The fraction of sp³-hybridized carbons (Fsp3) is 0.684. The minimum Gasteiger partial charge on any atom is -0.297 e. The van der Waals surface area contributed by atoms with Crippen molar-refractivity contribution in [2.75, 3.05) is 19.6 Å². The van der Waals surface area contributed by atoms with Gasteiger partial charge in [0.2, 0.25) is 0 Å². The van der Waals surface area contributed by atoms with Crippen LogP contribution in [0.3, 0.4) is 0 Å². The smallest absolute Gasteiger partial charge is 0.0478 e. The standard InChI is InChI=1S/C19H30N2/c1-3-9-16(2)21-14-18-12-7-8-13-20(18)15-19(21)17-10-5-4-6-11-17/h4-6,10-11,16,18-19H,3,7-9,12-15H2,1-2H3. The first-order chi connectivity index (χ1) is 10.3. The normalized spacial score (nSPS) is 29.0. The molecule has 0 radical (unpaired) electrons. The first-order valence-electron chi connectivity index (χ1n) is 8.84. The molecule has 0 saturated carbocycles. The zero-order valence-electron chi connectivity index (χ0n) is 13.7. The third kappa shape index (κ3) is 3.32. The van der Waals surface area contributed by atoms with Crippen LogP contribution in [0.5, 0.6) is 0 Å². The van der Waals surface area contributed by atoms with E-state index in [1.54, 1.807) is 0 Å². The minimum absolute atomic E-state index is 0.585. The van der Waals surface area contributed by atoms with E-state index in [0.717, 1.165) is 6.04 Å². The number of hydrogen-bond donors (Lipinski definition) is 0. The molecule has 0 amide bonds. The quantitative estimate of drug-likeness (QED) is 0.822. The van der Waals surface area contributed by atoms with Crippen LogP contribution in [0.2, 0.25) is 0 Å². The van der Waals surface area contributed by atoms with Gasteiger partial charge in [-0.1, -0.05) is 50.1 Å². The monoisotopic (exact) mass is 286 g/mol. The maximum absolute atomic E-state index is 2.80. The van der Waals surface area contributed by atoms with Gasteiger partial charge in [-0.25, -0.2) is 0 Å². The first-order valence-corrected chi connectivity index (χ1v) is 8.84. The average Bonchev–Trinajstić information content (AvgIpc) is 2.54. The molecule has 2 saturated heterocycles. The summed E-state index contributed by atoms with van der Waals surface area (Å²) in [5.74, 6) is 0. The van der Waals surface area contributed by atoms with Crippen molar-refractivity contribution in [3.63, 3.8) is 0 Å². The predicted octanol–water partition coefficient (Wildman–Crippen LogP) is 4.09. The number of rotatable bonds is 4. The molecular formula is C19H30N2. The lowest BCUT2D eigenvalue weighted by molar-refractivity contribution is -0.0134. The van der Waals surface area contributed by atoms with E-state index in [2.05, 4.69) is 54.0 Å². The van der Waals surface area contributed by atoms with Crippen molar-refractivity contribution in [2.24, 2.45) is 0 Å². The molecule has 3 atom stereocenters. The molecule has 1 aromatic rings. The molecule has 2 nitrogen and oxygen atoms in total. The first kappa shape index (κ1) is 15.1. The molecule has 21 heavy (non-hydrogen) atoms. The Morgan fingerprint density at radius 1 is 1.14 bits per heavy atom. The fourth-order valence-electron chi connectivity index (χ4n) is 4.25. The molecule has 2 aliphatic heterocycles. The van der Waals surface area contributed by atoms with Crippen molar-refractivity contribution in [3.05, 3.63) is 35.9 Å². The summed E-state index contributed by atoms with van der Waals surface area (Å²) in [5, 5.41) is 0. The SMILES string of the molecule is CCCC(C)N1CC2CCCCN2CC1c1ccccc1. The van der Waals surface area contributed by atoms with E-state index in [1.165, 1.54) is 57.3 Å². The van der Waals surface area contributed by atoms with Gasteiger partial charge in [-0.05, 0) is 38.3 Å². The highest BCUT2D eigenvalue weighted by atomic mass is 15.3. The predicted molar refractivity (Wildman–Crippen MR) is 89.5 cm³/mol. The molecule has 3 rings (SSSR count). The van der Waals surface area contributed by atoms with Crippen molar-refractivity contribution in [1.82, 2.24) is 9.80 Å². The molecule has 0 N–H and O–H groups in total. The molecule has 2 fully saturated rings. The highest BCUT2D eigenvalue weighted by Gasteiger charge is 2.37. The van der Waals surface area contributed by atoms with Crippen LogP contribution < -0.4 is 0 Å². The summed E-state index contributed by atoms with van der Waals surface area (Å²) in [5.41, 5.74) is 1.50. The molecule has 0 aromatic heterocycles. The second-order valence-corrected chi connectivity index (χ2v) is 6.91. The maximum atomic E-state index is 2.80. The Kier molecular flexibility index (Phi) is 4.97. The molecular weight excluding hydrogens is 256 g/mol. The van der Waals surface area contributed by atoms with Crippen LogP contribution >= 0.6 is 0 Å². The summed E-state index contributed by atoms with van der Waals surface area (Å²) >= 11 is 0. The number of piperidine rings is 1. The van der Waals surface area contributed by atoms with E-state index in [-0.39, 0.29) is 0 Å². The third-order valence-electron chi connectivity index (χ3n) is 5.44. The number of fused-ring (bicyclic) bond motifs is 1. The van der Waals surface area contributed by atoms with E-state index in [0.29, 0.717) is 12.1 Å². The number of nitrogens with zero attached hydrogens (tertiary/aromatic N) is 2. The van der Waals surface area contributed by atoms with Gasteiger partial charge in [-0.15, -0.1) is 0 Å². The Bertz CT molecular complexity index is 430. The van der Waals surface area contributed by atoms with Crippen LogP contribution in [0.1, 0.15) is 57.6 Å². The third-order valence-corrected chi connectivity index (χ3v) is 5.44. The second kappa shape index (κ2) is 6.93. The lowest BCUT2D eigenvalue weighted by atomic mass is 9.92. The Morgan fingerprint density at radius 3 is 2.71 bits per heavy atom. The molecule has 3 unspecified atom stereocenters. The fourth-order valence-corrected chi connectivity index (χ4v) is 4.25. The summed E-state index contributed by atoms with van der Waals surface area (Å²) in [7, 11) is 0. The number of benzene rings is 1. The van der Waals surface area contributed by atoms with Gasteiger partial charge in [0.1, 0.15) is 0 Å². The number of piperazine rings is 1. The van der Waals surface area contributed by atoms with Gasteiger partial charge in [0, 0.05) is 31.2 Å². The topological polar surface area (TPSA) is 6.48 Å². The lowest BCUT2D eigenvalue weighted by Crippen LogP contribution is -2.57. The summed E-state index contributed by atoms with van der Waals surface area (Å²) in [6.45, 7) is 8.54. The van der Waals surface area contributed by atoms with Crippen molar-refractivity contribution >= 4 is 0 Å². The van der Waals surface area contributed by atoms with E-state index in [9.17, 15) is 0 Å². The van der Waals surface area contributed by atoms with E-state index in [4.69, 9.17) is 0 Å². The van der Waals surface area contributed by atoms with Crippen LogP contribution in [-0.4, -0.2) is 41.5 Å². The number of hydrogen-bond acceptors (Lipinski definition) is 2. The summed E-state index contributed by atoms with van der Waals surface area (Å²) in [4.78, 5) is 5.56. The molecule has 2 aliphatic rings. The van der Waals surface area contributed by atoms with E-state index >= 15 is 0 Å². The van der Waals surface area contributed by atoms with Gasteiger partial charge < -0.3 is 0 Å². The molecule has 0 bridgehead atoms. The van der Waals surface area contributed by atoms with Gasteiger partial charge in [0.05, 0.1) is 0 Å². The van der Waals surface area contributed by atoms with Crippen LogP contribution in [0, 0.1) is 0 Å². The largest absolute Gasteiger partial charge is 0.297 e. The molecule has 1 aromatic carbocycles. The Hall–Kier alpha value is -0.860. The van der Waals surface area contributed by atoms with Crippen molar-refractivity contribution < 1.29 is 0 Å². The van der Waals surface area contributed by atoms with Gasteiger partial charge >= 0.3 is 0 Å². The summed E-state index contributed by atoms with van der Waals surface area (Å²) in [6, 6.07) is 13.3. The Balaban J connectivity index is 1.82. The van der Waals surface area contributed by atoms with Gasteiger partial charge in [0.25, 0.3) is 0 Å². The average molecular weight is 286 g/mol. The van der Waals surface area contributed by atoms with E-state index in [1.807, 2.05) is 0 Å². The lowest BCUT2D eigenvalue weighted by Gasteiger charge is -2.50. The Morgan fingerprint density at radius 2 is 1.95 bits per heavy atom. The van der Waals surface area contributed by atoms with Crippen molar-refractivity contribution in [1.29, 1.82) is 0 Å². The molecule has 2 heterocycles. The van der Waals surface area contributed by atoms with Gasteiger partial charge in [0.15, 0.2) is 0 Å². The Labute approximate surface area is 130 Å². The minimum atomic E-state index is 0.585. The molecule has 0 aliphatic carbocycles. The summed E-state index contributed by atoms with van der Waals surface area (Å²) < 4.78 is 0. The zero-order valence-corrected chi connectivity index (χ0v) is 13.7. The zero-order chi connectivity index (χ0) is 14.7. The molecule has 116 valence electrons. The van der Waals surface area contributed by atoms with Crippen molar-refractivity contribution in [3.8, 4) is 0 Å².